The molecule has 314 valence electrons. The molecule has 1 aromatic carbocycles. The zero-order valence-electron chi connectivity index (χ0n) is 34.0. The Bertz CT molecular complexity index is 1550. The molecule has 16 heteroatoms. The highest BCUT2D eigenvalue weighted by molar-refractivity contribution is 6.33. The molecule has 2 heterocycles. The van der Waals surface area contributed by atoms with Crippen molar-refractivity contribution in [1.82, 2.24) is 20.1 Å². The smallest absolute Gasteiger partial charge is 0.417 e. The minimum absolute atomic E-state index is 0.0716. The van der Waals surface area contributed by atoms with Crippen LogP contribution in [0.3, 0.4) is 0 Å². The molecular formula is C40H59ClF3N5O7. The molecule has 3 amide bonds. The van der Waals surface area contributed by atoms with E-state index < -0.39 is 65.8 Å². The van der Waals surface area contributed by atoms with Crippen LogP contribution < -0.4 is 10.6 Å². The Balaban J connectivity index is 0.00000349. The number of hydrogen-bond acceptors (Lipinski definition) is 9. The fourth-order valence-corrected chi connectivity index (χ4v) is 7.05. The predicted octanol–water partition coefficient (Wildman–Crippen LogP) is 6.40. The van der Waals surface area contributed by atoms with Gasteiger partial charge in [0.2, 0.25) is 17.7 Å². The van der Waals surface area contributed by atoms with Gasteiger partial charge < -0.3 is 34.6 Å². The molecule has 1 aliphatic heterocycles. The van der Waals surface area contributed by atoms with E-state index in [0.29, 0.717) is 32.0 Å². The number of likely N-dealkylation sites (tertiary alicyclic amines) is 1. The highest BCUT2D eigenvalue weighted by Crippen LogP contribution is 2.33. The van der Waals surface area contributed by atoms with Gasteiger partial charge in [0.15, 0.2) is 0 Å². The molecule has 56 heavy (non-hydrogen) atoms. The zero-order valence-corrected chi connectivity index (χ0v) is 34.7. The van der Waals surface area contributed by atoms with Crippen molar-refractivity contribution in [3.63, 3.8) is 0 Å². The van der Waals surface area contributed by atoms with Crippen LogP contribution in [0.4, 0.5) is 19.0 Å². The van der Waals surface area contributed by atoms with Crippen molar-refractivity contribution in [2.24, 2.45) is 11.8 Å². The SMILES string of the molecule is CCC.CCC(C)C(C(CC(=O)N1CCCC1C(OC)C(C)C(=O)N[C@@H](Cc1ccccc1)C(=O)OC)OC)N(C)C(=O)CNc1ncc(C(F)(F)F)cc1Cl. The van der Waals surface area contributed by atoms with E-state index in [9.17, 15) is 32.3 Å². The van der Waals surface area contributed by atoms with Gasteiger partial charge in [0.25, 0.3) is 0 Å². The van der Waals surface area contributed by atoms with Crippen molar-refractivity contribution in [3.8, 4) is 0 Å². The first-order chi connectivity index (χ1) is 26.5. The molecular weight excluding hydrogens is 755 g/mol. The Hall–Kier alpha value is -3.95. The zero-order chi connectivity index (χ0) is 42.2. The van der Waals surface area contributed by atoms with E-state index in [1.54, 1.807) is 18.9 Å². The average Bonchev–Trinajstić information content (AvgIpc) is 3.66. The number of rotatable bonds is 18. The summed E-state index contributed by atoms with van der Waals surface area (Å²) in [5, 5.41) is 5.24. The summed E-state index contributed by atoms with van der Waals surface area (Å²) in [5.74, 6) is -2.59. The number of anilines is 1. The maximum absolute atomic E-state index is 14.0. The summed E-state index contributed by atoms with van der Waals surface area (Å²) in [6.45, 7) is 9.94. The number of halogens is 4. The normalized spacial score (nSPS) is 17.3. The van der Waals surface area contributed by atoms with Gasteiger partial charge in [-0.3, -0.25) is 14.4 Å². The van der Waals surface area contributed by atoms with E-state index in [0.717, 1.165) is 11.6 Å². The second-order valence-electron chi connectivity index (χ2n) is 14.0. The lowest BCUT2D eigenvalue weighted by Crippen LogP contribution is -2.54. The Morgan fingerprint density at radius 1 is 1.05 bits per heavy atom. The van der Waals surface area contributed by atoms with Gasteiger partial charge >= 0.3 is 12.1 Å². The molecule has 2 N–H and O–H groups in total. The molecule has 2 aromatic rings. The standard InChI is InChI=1S/C37H51ClF3N5O7.C3H8/c1-8-22(2)32(45(4)31(48)21-43-34-26(38)18-25(20-42-34)37(39,40)41)29(51-5)19-30(47)46-16-12-15-28(46)33(52-6)23(3)35(49)44-27(36(50)53-7)17-24-13-10-9-11-14-24;1-3-2/h9-11,13-14,18,20,22-23,27-29,32-33H,8,12,15-17,19,21H2,1-7H3,(H,42,43)(H,44,49);3H2,1-2H3/t22?,23?,27-,28?,29?,32?,33?;/m0./s1. The van der Waals surface area contributed by atoms with E-state index in [1.807, 2.05) is 44.2 Å². The van der Waals surface area contributed by atoms with Crippen LogP contribution in [0, 0.1) is 11.8 Å². The quantitative estimate of drug-likeness (QED) is 0.164. The number of carbonyl (C=O) groups excluding carboxylic acids is 4. The van der Waals surface area contributed by atoms with Crippen LogP contribution in [0.5, 0.6) is 0 Å². The molecule has 7 atom stereocenters. The second kappa shape index (κ2) is 23.3. The number of esters is 1. The molecule has 3 rings (SSSR count). The lowest BCUT2D eigenvalue weighted by molar-refractivity contribution is -0.148. The second-order valence-corrected chi connectivity index (χ2v) is 14.4. The molecule has 12 nitrogen and oxygen atoms in total. The van der Waals surface area contributed by atoms with E-state index in [2.05, 4.69) is 29.5 Å². The Morgan fingerprint density at radius 3 is 2.23 bits per heavy atom. The molecule has 0 aliphatic carbocycles. The average molecular weight is 814 g/mol. The summed E-state index contributed by atoms with van der Waals surface area (Å²) in [6, 6.07) is 8.06. The minimum atomic E-state index is -4.62. The van der Waals surface area contributed by atoms with Gasteiger partial charge in [-0.25, -0.2) is 9.78 Å². The topological polar surface area (TPSA) is 139 Å². The van der Waals surface area contributed by atoms with Crippen LogP contribution in [0.1, 0.15) is 77.8 Å². The van der Waals surface area contributed by atoms with Crippen LogP contribution >= 0.6 is 11.6 Å². The number of amides is 3. The van der Waals surface area contributed by atoms with Crippen LogP contribution in [0.25, 0.3) is 0 Å². The van der Waals surface area contributed by atoms with E-state index in [1.165, 1.54) is 32.7 Å². The number of carbonyl (C=O) groups is 4. The highest BCUT2D eigenvalue weighted by Gasteiger charge is 2.42. The third-order valence-corrected chi connectivity index (χ3v) is 10.3. The molecule has 1 fully saturated rings. The molecule has 0 bridgehead atoms. The van der Waals surface area contributed by atoms with Crippen molar-refractivity contribution in [3.05, 3.63) is 58.7 Å². The van der Waals surface area contributed by atoms with Gasteiger partial charge in [0, 0.05) is 40.4 Å². The number of nitrogens with one attached hydrogen (secondary N) is 2. The highest BCUT2D eigenvalue weighted by atomic mass is 35.5. The molecule has 1 aliphatic rings. The first-order valence-corrected chi connectivity index (χ1v) is 19.4. The Morgan fingerprint density at radius 2 is 1.70 bits per heavy atom. The fourth-order valence-electron chi connectivity index (χ4n) is 6.82. The van der Waals surface area contributed by atoms with Crippen molar-refractivity contribution in [1.29, 1.82) is 0 Å². The van der Waals surface area contributed by atoms with Gasteiger partial charge in [0.05, 0.1) is 60.9 Å². The lowest BCUT2D eigenvalue weighted by Gasteiger charge is -2.39. The van der Waals surface area contributed by atoms with Crippen molar-refractivity contribution in [2.45, 2.75) is 110 Å². The number of hydrogen-bond donors (Lipinski definition) is 2. The number of pyridine rings is 1. The molecule has 0 spiro atoms. The summed E-state index contributed by atoms with van der Waals surface area (Å²) in [4.78, 5) is 60.5. The van der Waals surface area contributed by atoms with E-state index in [4.69, 9.17) is 25.8 Å². The molecule has 1 aromatic heterocycles. The third kappa shape index (κ3) is 13.6. The molecule has 6 unspecified atom stereocenters. The number of aromatic nitrogens is 1. The first-order valence-electron chi connectivity index (χ1n) is 19.0. The maximum Gasteiger partial charge on any atom is 0.417 e. The van der Waals surface area contributed by atoms with Crippen LogP contribution in [-0.2, 0) is 46.0 Å². The summed E-state index contributed by atoms with van der Waals surface area (Å²) in [5.41, 5.74) is -0.166. The fraction of sp³-hybridized carbons (Fsp3) is 0.625. The van der Waals surface area contributed by atoms with Crippen molar-refractivity contribution in [2.75, 3.05) is 46.8 Å². The van der Waals surface area contributed by atoms with Crippen LogP contribution in [-0.4, -0.2) is 110 Å². The van der Waals surface area contributed by atoms with E-state index in [-0.39, 0.29) is 42.1 Å². The summed E-state index contributed by atoms with van der Waals surface area (Å²) >= 11 is 6.02. The third-order valence-electron chi connectivity index (χ3n) is 9.96. The minimum Gasteiger partial charge on any atom is -0.467 e. The van der Waals surface area contributed by atoms with Gasteiger partial charge in [-0.05, 0) is 30.4 Å². The van der Waals surface area contributed by atoms with Gasteiger partial charge in [-0.15, -0.1) is 0 Å². The maximum atomic E-state index is 14.0. The number of nitrogens with zero attached hydrogens (tertiary/aromatic N) is 3. The van der Waals surface area contributed by atoms with Gasteiger partial charge in [-0.2, -0.15) is 13.2 Å². The Kier molecular flexibility index (Phi) is 20.1. The number of likely N-dealkylation sites (N-methyl/N-ethyl adjacent to an activating group) is 1. The predicted molar refractivity (Wildman–Crippen MR) is 209 cm³/mol. The van der Waals surface area contributed by atoms with Crippen LogP contribution in [0.2, 0.25) is 5.02 Å². The van der Waals surface area contributed by atoms with Crippen LogP contribution in [0.15, 0.2) is 42.6 Å². The number of benzene rings is 1. The molecule has 0 saturated carbocycles. The molecule has 0 radical (unpaired) electrons. The van der Waals surface area contributed by atoms with E-state index >= 15 is 0 Å². The number of ether oxygens (including phenoxy) is 3. The number of alkyl halides is 3. The summed E-state index contributed by atoms with van der Waals surface area (Å²) in [6.07, 6.45) is -2.06. The monoisotopic (exact) mass is 813 g/mol. The lowest BCUT2D eigenvalue weighted by atomic mass is 9.90. The summed E-state index contributed by atoms with van der Waals surface area (Å²) in [7, 11) is 5.79. The molecule has 1 saturated heterocycles. The van der Waals surface area contributed by atoms with Crippen molar-refractivity contribution < 1.29 is 46.6 Å². The Labute approximate surface area is 334 Å². The largest absolute Gasteiger partial charge is 0.467 e. The van der Waals surface area contributed by atoms with Gasteiger partial charge in [0.1, 0.15) is 11.9 Å². The first kappa shape index (κ1) is 48.2. The summed E-state index contributed by atoms with van der Waals surface area (Å²) < 4.78 is 55.8. The van der Waals surface area contributed by atoms with Crippen molar-refractivity contribution >= 4 is 41.1 Å². The van der Waals surface area contributed by atoms with Gasteiger partial charge in [-0.1, -0.05) is 89.4 Å². The number of methoxy groups -OCH3 is 3.